The first-order valence-electron chi connectivity index (χ1n) is 9.98. The lowest BCUT2D eigenvalue weighted by Crippen LogP contribution is -2.49. The van der Waals surface area contributed by atoms with Crippen LogP contribution in [0.15, 0.2) is 12.2 Å². The number of amides is 3. The van der Waals surface area contributed by atoms with Gasteiger partial charge in [-0.2, -0.15) is 0 Å². The maximum absolute atomic E-state index is 13.3. The van der Waals surface area contributed by atoms with Gasteiger partial charge < -0.3 is 20.6 Å². The van der Waals surface area contributed by atoms with Crippen LogP contribution in [0.25, 0.3) is 0 Å². The molecule has 7 heteroatoms. The van der Waals surface area contributed by atoms with Crippen molar-refractivity contribution in [1.82, 2.24) is 15.5 Å². The summed E-state index contributed by atoms with van der Waals surface area (Å²) in [5, 5.41) is 14.8. The van der Waals surface area contributed by atoms with Crippen molar-refractivity contribution < 1.29 is 19.5 Å². The number of hydrogen-bond donors (Lipinski definition) is 3. The van der Waals surface area contributed by atoms with E-state index in [2.05, 4.69) is 17.6 Å². The zero-order valence-corrected chi connectivity index (χ0v) is 16.8. The van der Waals surface area contributed by atoms with Crippen molar-refractivity contribution in [3.05, 3.63) is 12.2 Å². The van der Waals surface area contributed by atoms with Gasteiger partial charge in [-0.1, -0.05) is 25.5 Å². The van der Waals surface area contributed by atoms with Gasteiger partial charge in [0, 0.05) is 32.2 Å². The largest absolute Gasteiger partial charge is 0.396 e. The first kappa shape index (κ1) is 21.4. The minimum Gasteiger partial charge on any atom is -0.396 e. The number of likely N-dealkylation sites (tertiary alicyclic amines) is 1. The highest BCUT2D eigenvalue weighted by atomic mass is 16.3. The van der Waals surface area contributed by atoms with Crippen LogP contribution in [0.4, 0.5) is 0 Å². The molecule has 0 aromatic carbocycles. The average molecular weight is 380 g/mol. The SMILES string of the molecule is CCC[C@@H]1C=C[C@H]2[C@@H](C(=O)N(CCCO)[C@@H]2C(=O)NC(C)C)[C@@H]1C(=O)NC. The van der Waals surface area contributed by atoms with E-state index < -0.39 is 17.9 Å². The summed E-state index contributed by atoms with van der Waals surface area (Å²) in [4.78, 5) is 40.4. The lowest BCUT2D eigenvalue weighted by Gasteiger charge is -2.34. The lowest BCUT2D eigenvalue weighted by atomic mass is 9.68. The molecule has 0 radical (unpaired) electrons. The number of carbonyl (C=O) groups is 3. The van der Waals surface area contributed by atoms with E-state index in [0.29, 0.717) is 13.0 Å². The van der Waals surface area contributed by atoms with Crippen molar-refractivity contribution in [2.75, 3.05) is 20.2 Å². The van der Waals surface area contributed by atoms with E-state index in [1.165, 1.54) is 0 Å². The van der Waals surface area contributed by atoms with E-state index in [0.717, 1.165) is 12.8 Å². The molecule has 0 aromatic rings. The number of aliphatic hydroxyl groups is 1. The second kappa shape index (κ2) is 9.35. The molecule has 152 valence electrons. The Balaban J connectivity index is 2.42. The summed E-state index contributed by atoms with van der Waals surface area (Å²) in [6.07, 6.45) is 6.13. The van der Waals surface area contributed by atoms with Crippen molar-refractivity contribution >= 4 is 17.7 Å². The van der Waals surface area contributed by atoms with Crippen LogP contribution in [0.2, 0.25) is 0 Å². The average Bonchev–Trinajstić information content (AvgIpc) is 2.91. The van der Waals surface area contributed by atoms with Crippen LogP contribution in [0.1, 0.15) is 40.0 Å². The molecule has 0 saturated carbocycles. The molecular formula is C20H33N3O4. The lowest BCUT2D eigenvalue weighted by molar-refractivity contribution is -0.141. The molecule has 2 aliphatic rings. The van der Waals surface area contributed by atoms with Gasteiger partial charge in [0.1, 0.15) is 6.04 Å². The maximum atomic E-state index is 13.3. The summed E-state index contributed by atoms with van der Waals surface area (Å²) in [6.45, 7) is 6.08. The van der Waals surface area contributed by atoms with Gasteiger partial charge in [-0.3, -0.25) is 14.4 Å². The molecule has 1 saturated heterocycles. The molecule has 7 nitrogen and oxygen atoms in total. The zero-order valence-electron chi connectivity index (χ0n) is 16.8. The topological polar surface area (TPSA) is 98.7 Å². The van der Waals surface area contributed by atoms with Crippen molar-refractivity contribution in [2.45, 2.75) is 52.1 Å². The Labute approximate surface area is 161 Å². The minimum absolute atomic E-state index is 0.00764. The van der Waals surface area contributed by atoms with Crippen molar-refractivity contribution in [3.8, 4) is 0 Å². The van der Waals surface area contributed by atoms with Gasteiger partial charge in [0.15, 0.2) is 0 Å². The van der Waals surface area contributed by atoms with Gasteiger partial charge in [0.2, 0.25) is 17.7 Å². The second-order valence-electron chi connectivity index (χ2n) is 7.80. The third kappa shape index (κ3) is 4.34. The molecule has 2 rings (SSSR count). The summed E-state index contributed by atoms with van der Waals surface area (Å²) < 4.78 is 0. The van der Waals surface area contributed by atoms with Crippen LogP contribution in [-0.4, -0.2) is 60.0 Å². The van der Waals surface area contributed by atoms with Crippen molar-refractivity contribution in [3.63, 3.8) is 0 Å². The summed E-state index contributed by atoms with van der Waals surface area (Å²) in [7, 11) is 1.59. The monoisotopic (exact) mass is 379 g/mol. The Morgan fingerprint density at radius 2 is 1.96 bits per heavy atom. The quantitative estimate of drug-likeness (QED) is 0.540. The van der Waals surface area contributed by atoms with E-state index >= 15 is 0 Å². The van der Waals surface area contributed by atoms with Gasteiger partial charge in [-0.25, -0.2) is 0 Å². The van der Waals surface area contributed by atoms with Crippen LogP contribution in [-0.2, 0) is 14.4 Å². The fourth-order valence-corrected chi connectivity index (χ4v) is 4.48. The summed E-state index contributed by atoms with van der Waals surface area (Å²) in [6, 6.07) is -0.677. The number of fused-ring (bicyclic) bond motifs is 1. The van der Waals surface area contributed by atoms with Gasteiger partial charge in [-0.05, 0) is 32.6 Å². The van der Waals surface area contributed by atoms with Gasteiger partial charge in [0.25, 0.3) is 0 Å². The van der Waals surface area contributed by atoms with Crippen molar-refractivity contribution in [2.24, 2.45) is 23.7 Å². The predicted octanol–water partition coefficient (Wildman–Crippen LogP) is 0.685. The highest BCUT2D eigenvalue weighted by molar-refractivity contribution is 5.96. The molecule has 3 N–H and O–H groups in total. The molecule has 1 fully saturated rings. The Morgan fingerprint density at radius 3 is 2.52 bits per heavy atom. The van der Waals surface area contributed by atoms with Gasteiger partial charge >= 0.3 is 0 Å². The zero-order chi connectivity index (χ0) is 20.1. The molecule has 1 aliphatic carbocycles. The summed E-state index contributed by atoms with van der Waals surface area (Å²) >= 11 is 0. The van der Waals surface area contributed by atoms with Crippen LogP contribution in [0.5, 0.6) is 0 Å². The molecule has 0 aromatic heterocycles. The predicted molar refractivity (Wildman–Crippen MR) is 103 cm³/mol. The third-order valence-corrected chi connectivity index (χ3v) is 5.54. The third-order valence-electron chi connectivity index (χ3n) is 5.54. The maximum Gasteiger partial charge on any atom is 0.243 e. The molecule has 0 unspecified atom stereocenters. The Morgan fingerprint density at radius 1 is 1.26 bits per heavy atom. The Kier molecular flexibility index (Phi) is 7.41. The normalized spacial score (nSPS) is 29.8. The van der Waals surface area contributed by atoms with E-state index in [9.17, 15) is 19.5 Å². The molecular weight excluding hydrogens is 346 g/mol. The Hall–Kier alpha value is -1.89. The number of rotatable bonds is 8. The van der Waals surface area contributed by atoms with Crippen molar-refractivity contribution in [1.29, 1.82) is 0 Å². The Bertz CT molecular complexity index is 590. The van der Waals surface area contributed by atoms with E-state index in [4.69, 9.17) is 0 Å². The van der Waals surface area contributed by atoms with E-state index in [1.54, 1.807) is 11.9 Å². The van der Waals surface area contributed by atoms with Gasteiger partial charge in [-0.15, -0.1) is 0 Å². The highest BCUT2D eigenvalue weighted by Crippen LogP contribution is 2.45. The number of hydrogen-bond acceptors (Lipinski definition) is 4. The number of nitrogens with zero attached hydrogens (tertiary/aromatic N) is 1. The van der Waals surface area contributed by atoms with Gasteiger partial charge in [0.05, 0.1) is 11.8 Å². The molecule has 1 heterocycles. The molecule has 3 amide bonds. The van der Waals surface area contributed by atoms with E-state index in [-0.39, 0.29) is 42.2 Å². The number of carbonyl (C=O) groups excluding carboxylic acids is 3. The molecule has 5 atom stereocenters. The standard InChI is InChI=1S/C20H33N3O4/c1-5-7-13-8-9-14-16(15(13)18(25)21-4)20(27)23(10-6-11-24)17(14)19(26)22-12(2)3/h8-9,12-17,24H,5-7,10-11H2,1-4H3,(H,21,25)(H,22,26)/t13-,14+,15-,16-,17+/m1/s1. The van der Waals surface area contributed by atoms with E-state index in [1.807, 2.05) is 26.0 Å². The first-order valence-corrected chi connectivity index (χ1v) is 9.98. The number of allylic oxidation sites excluding steroid dienone is 1. The molecule has 27 heavy (non-hydrogen) atoms. The number of aliphatic hydroxyl groups excluding tert-OH is 1. The first-order chi connectivity index (χ1) is 12.9. The number of nitrogens with one attached hydrogen (secondary N) is 2. The fourth-order valence-electron chi connectivity index (χ4n) is 4.48. The summed E-state index contributed by atoms with van der Waals surface area (Å²) in [5.41, 5.74) is 0. The minimum atomic E-state index is -0.637. The second-order valence-corrected chi connectivity index (χ2v) is 7.80. The molecule has 0 spiro atoms. The highest BCUT2D eigenvalue weighted by Gasteiger charge is 2.56. The van der Waals surface area contributed by atoms with Crippen LogP contribution in [0.3, 0.4) is 0 Å². The van der Waals surface area contributed by atoms with Crippen LogP contribution < -0.4 is 10.6 Å². The molecule has 0 bridgehead atoms. The smallest absolute Gasteiger partial charge is 0.243 e. The summed E-state index contributed by atoms with van der Waals surface area (Å²) in [5.74, 6) is -1.83. The fraction of sp³-hybridized carbons (Fsp3) is 0.750. The molecule has 1 aliphatic heterocycles. The van der Waals surface area contributed by atoms with Crippen LogP contribution >= 0.6 is 0 Å². The van der Waals surface area contributed by atoms with Crippen LogP contribution in [0, 0.1) is 23.7 Å².